The Balaban J connectivity index is 1.66. The fourth-order valence-corrected chi connectivity index (χ4v) is 4.64. The minimum Gasteiger partial charge on any atom is -0.493 e. The molecule has 0 amide bonds. The number of hydrogen-bond acceptors (Lipinski definition) is 8. The predicted octanol–water partition coefficient (Wildman–Crippen LogP) is 3.63. The van der Waals surface area contributed by atoms with Crippen LogP contribution in [0, 0.1) is 0 Å². The average Bonchev–Trinajstić information content (AvgIpc) is 3.22. The van der Waals surface area contributed by atoms with Gasteiger partial charge in [0, 0.05) is 36.6 Å². The second kappa shape index (κ2) is 7.72. The van der Waals surface area contributed by atoms with Crippen molar-refractivity contribution >= 4 is 11.8 Å². The third kappa shape index (κ3) is 3.28. The Morgan fingerprint density at radius 2 is 1.73 bits per heavy atom. The van der Waals surface area contributed by atoms with Crippen molar-refractivity contribution in [3.05, 3.63) is 47.0 Å². The zero-order chi connectivity index (χ0) is 23.4. The Morgan fingerprint density at radius 1 is 1.03 bits per heavy atom. The Bertz CT molecular complexity index is 1200. The Kier molecular flexibility index (Phi) is 4.96. The number of ketones is 1. The number of fused-ring (bicyclic) bond motifs is 6. The lowest BCUT2D eigenvalue weighted by Crippen LogP contribution is -2.43. The van der Waals surface area contributed by atoms with E-state index in [1.54, 1.807) is 18.2 Å². The van der Waals surface area contributed by atoms with Crippen molar-refractivity contribution in [1.29, 1.82) is 0 Å². The summed E-state index contributed by atoms with van der Waals surface area (Å²) in [5, 5.41) is 0. The lowest BCUT2D eigenvalue weighted by atomic mass is 9.80. The summed E-state index contributed by atoms with van der Waals surface area (Å²) >= 11 is 0. The third-order valence-electron chi connectivity index (χ3n) is 6.19. The van der Waals surface area contributed by atoms with Gasteiger partial charge in [-0.3, -0.25) is 9.59 Å². The molecule has 3 heterocycles. The van der Waals surface area contributed by atoms with Gasteiger partial charge in [0.05, 0.1) is 20.1 Å². The van der Waals surface area contributed by atoms with E-state index in [4.69, 9.17) is 28.4 Å². The van der Waals surface area contributed by atoms with Crippen LogP contribution in [0.4, 0.5) is 0 Å². The summed E-state index contributed by atoms with van der Waals surface area (Å²) in [5.41, 5.74) is 2.48. The van der Waals surface area contributed by atoms with E-state index in [2.05, 4.69) is 6.58 Å². The van der Waals surface area contributed by atoms with Crippen molar-refractivity contribution in [2.45, 2.75) is 38.4 Å². The SMILES string of the molecule is C=C(C)[C@@H]1Cc2c(cc(OC(C)=O)c3c2O[C@@H]2COc4cc(OC)c(OC)cc4[C@@H]2C3=O)O1. The zero-order valence-electron chi connectivity index (χ0n) is 18.9. The number of rotatable bonds is 4. The average molecular weight is 452 g/mol. The van der Waals surface area contributed by atoms with E-state index in [0.717, 1.165) is 11.1 Å². The monoisotopic (exact) mass is 452 g/mol. The standard InChI is InChI=1S/C25H24O8/c1-11(2)15-7-14-17(32-15)9-20(31-12(3)26)23-24(27)22-13-6-18(28-4)19(29-5)8-16(13)30-10-21(22)33-25(14)23/h6,8-9,15,21-22H,1,7,10H2,2-5H3/t15-,21+,22-/m0/s1. The summed E-state index contributed by atoms with van der Waals surface area (Å²) < 4.78 is 34.5. The van der Waals surface area contributed by atoms with E-state index in [1.165, 1.54) is 21.1 Å². The van der Waals surface area contributed by atoms with E-state index < -0.39 is 18.0 Å². The van der Waals surface area contributed by atoms with Gasteiger partial charge in [-0.2, -0.15) is 0 Å². The lowest BCUT2D eigenvalue weighted by molar-refractivity contribution is -0.131. The van der Waals surface area contributed by atoms with Gasteiger partial charge in [0.15, 0.2) is 17.3 Å². The zero-order valence-corrected chi connectivity index (χ0v) is 18.9. The molecule has 0 aromatic heterocycles. The summed E-state index contributed by atoms with van der Waals surface area (Å²) in [4.78, 5) is 25.8. The van der Waals surface area contributed by atoms with Crippen LogP contribution in [0.3, 0.4) is 0 Å². The topological polar surface area (TPSA) is 89.5 Å². The molecule has 3 aliphatic rings. The first-order valence-corrected chi connectivity index (χ1v) is 10.6. The largest absolute Gasteiger partial charge is 0.493 e. The van der Waals surface area contributed by atoms with Crippen LogP contribution in [0.2, 0.25) is 0 Å². The Labute approximate surface area is 191 Å². The van der Waals surface area contributed by atoms with Crippen molar-refractivity contribution in [2.75, 3.05) is 20.8 Å². The van der Waals surface area contributed by atoms with Crippen LogP contribution in [0.25, 0.3) is 0 Å². The summed E-state index contributed by atoms with van der Waals surface area (Å²) in [6.07, 6.45) is -0.287. The van der Waals surface area contributed by atoms with E-state index >= 15 is 0 Å². The maximum absolute atomic E-state index is 13.9. The molecular weight excluding hydrogens is 428 g/mol. The van der Waals surface area contributed by atoms with Gasteiger partial charge < -0.3 is 28.4 Å². The summed E-state index contributed by atoms with van der Waals surface area (Å²) in [6.45, 7) is 7.32. The van der Waals surface area contributed by atoms with Gasteiger partial charge in [0.2, 0.25) is 0 Å². The highest BCUT2D eigenvalue weighted by Crippen LogP contribution is 2.52. The van der Waals surface area contributed by atoms with Crippen molar-refractivity contribution in [2.24, 2.45) is 0 Å². The summed E-state index contributed by atoms with van der Waals surface area (Å²) in [5.74, 6) is 1.11. The predicted molar refractivity (Wildman–Crippen MR) is 117 cm³/mol. The van der Waals surface area contributed by atoms with Crippen LogP contribution < -0.4 is 28.4 Å². The molecule has 33 heavy (non-hydrogen) atoms. The molecule has 0 saturated carbocycles. The molecule has 0 bridgehead atoms. The highest BCUT2D eigenvalue weighted by molar-refractivity contribution is 6.08. The number of hydrogen-bond donors (Lipinski definition) is 0. The molecule has 0 saturated heterocycles. The van der Waals surface area contributed by atoms with E-state index in [9.17, 15) is 9.59 Å². The molecule has 0 unspecified atom stereocenters. The molecule has 5 rings (SSSR count). The highest BCUT2D eigenvalue weighted by atomic mass is 16.6. The van der Waals surface area contributed by atoms with Gasteiger partial charge in [0.25, 0.3) is 0 Å². The fraction of sp³-hybridized carbons (Fsp3) is 0.360. The maximum Gasteiger partial charge on any atom is 0.308 e. The minimum absolute atomic E-state index is 0.121. The molecule has 3 aliphatic heterocycles. The van der Waals surface area contributed by atoms with Crippen LogP contribution in [0.15, 0.2) is 30.4 Å². The minimum atomic E-state index is -0.660. The van der Waals surface area contributed by atoms with E-state index in [1.807, 2.05) is 6.92 Å². The first-order valence-electron chi connectivity index (χ1n) is 10.6. The van der Waals surface area contributed by atoms with Crippen LogP contribution in [0.1, 0.15) is 41.3 Å². The van der Waals surface area contributed by atoms with Crippen LogP contribution >= 0.6 is 0 Å². The molecule has 2 aromatic carbocycles. The van der Waals surface area contributed by atoms with E-state index in [0.29, 0.717) is 40.7 Å². The number of carbonyl (C=O) groups excluding carboxylic acids is 2. The van der Waals surface area contributed by atoms with Gasteiger partial charge in [-0.05, 0) is 18.6 Å². The Morgan fingerprint density at radius 3 is 2.39 bits per heavy atom. The van der Waals surface area contributed by atoms with Crippen molar-refractivity contribution in [1.82, 2.24) is 0 Å². The first kappa shape index (κ1) is 21.2. The molecule has 172 valence electrons. The molecule has 8 nitrogen and oxygen atoms in total. The molecule has 3 atom stereocenters. The molecular formula is C25H24O8. The molecule has 0 N–H and O–H groups in total. The van der Waals surface area contributed by atoms with E-state index in [-0.39, 0.29) is 29.8 Å². The normalized spacial score (nSPS) is 21.8. The van der Waals surface area contributed by atoms with Crippen molar-refractivity contribution in [3.8, 4) is 34.5 Å². The van der Waals surface area contributed by atoms with Crippen LogP contribution in [-0.4, -0.2) is 44.8 Å². The molecule has 0 radical (unpaired) electrons. The Hall–Kier alpha value is -3.68. The third-order valence-corrected chi connectivity index (χ3v) is 6.19. The quantitative estimate of drug-likeness (QED) is 0.395. The smallest absolute Gasteiger partial charge is 0.308 e. The van der Waals surface area contributed by atoms with Gasteiger partial charge in [-0.1, -0.05) is 6.58 Å². The van der Waals surface area contributed by atoms with Gasteiger partial charge in [-0.15, -0.1) is 0 Å². The van der Waals surface area contributed by atoms with Crippen molar-refractivity contribution in [3.63, 3.8) is 0 Å². The molecule has 0 fully saturated rings. The number of benzene rings is 2. The second-order valence-electron chi connectivity index (χ2n) is 8.36. The summed E-state index contributed by atoms with van der Waals surface area (Å²) in [6, 6.07) is 5.03. The number of carbonyl (C=O) groups is 2. The van der Waals surface area contributed by atoms with Crippen LogP contribution in [0.5, 0.6) is 34.5 Å². The molecule has 0 aliphatic carbocycles. The number of methoxy groups -OCH3 is 2. The van der Waals surface area contributed by atoms with Gasteiger partial charge >= 0.3 is 5.97 Å². The molecule has 8 heteroatoms. The molecule has 0 spiro atoms. The number of esters is 1. The highest BCUT2D eigenvalue weighted by Gasteiger charge is 2.47. The maximum atomic E-state index is 13.9. The van der Waals surface area contributed by atoms with Crippen LogP contribution in [-0.2, 0) is 11.2 Å². The van der Waals surface area contributed by atoms with Crippen molar-refractivity contribution < 1.29 is 38.0 Å². The fourth-order valence-electron chi connectivity index (χ4n) is 4.64. The first-order chi connectivity index (χ1) is 15.8. The second-order valence-corrected chi connectivity index (χ2v) is 8.36. The van der Waals surface area contributed by atoms with Gasteiger partial charge in [0.1, 0.15) is 47.4 Å². The van der Waals surface area contributed by atoms with Gasteiger partial charge in [-0.25, -0.2) is 0 Å². The number of Topliss-reactive ketones (excluding diaryl/α,β-unsaturated/α-hetero) is 1. The number of ether oxygens (including phenoxy) is 6. The lowest BCUT2D eigenvalue weighted by Gasteiger charge is -2.38. The molecule has 2 aromatic rings. The summed E-state index contributed by atoms with van der Waals surface area (Å²) in [7, 11) is 3.06.